The lowest BCUT2D eigenvalue weighted by Gasteiger charge is -2.21. The highest BCUT2D eigenvalue weighted by atomic mass is 16.4. The van der Waals surface area contributed by atoms with Gasteiger partial charge >= 0.3 is 5.97 Å². The molecule has 0 saturated carbocycles. The van der Waals surface area contributed by atoms with Gasteiger partial charge < -0.3 is 15.7 Å². The SMILES string of the molecule is CC(NC(=O)C(C)(C)C)C(=O)Nc1ccnc(C(=O)O)c1. The molecule has 3 N–H and O–H groups in total. The third kappa shape index (κ3) is 4.87. The number of nitrogens with one attached hydrogen (secondary N) is 2. The second-order valence-corrected chi connectivity index (χ2v) is 5.67. The van der Waals surface area contributed by atoms with Crippen LogP contribution in [0.3, 0.4) is 0 Å². The predicted octanol–water partition coefficient (Wildman–Crippen LogP) is 1.27. The first-order valence-electron chi connectivity index (χ1n) is 6.42. The van der Waals surface area contributed by atoms with Crippen LogP contribution in [0.25, 0.3) is 0 Å². The van der Waals surface area contributed by atoms with E-state index in [4.69, 9.17) is 5.11 Å². The topological polar surface area (TPSA) is 108 Å². The normalized spacial score (nSPS) is 12.4. The highest BCUT2D eigenvalue weighted by molar-refractivity contribution is 5.98. The molecular formula is C14H19N3O4. The van der Waals surface area contributed by atoms with Gasteiger partial charge in [-0.1, -0.05) is 20.8 Å². The number of rotatable bonds is 4. The summed E-state index contributed by atoms with van der Waals surface area (Å²) in [6, 6.07) is 1.99. The number of carboxylic acids is 1. The van der Waals surface area contributed by atoms with Gasteiger partial charge in [0.2, 0.25) is 11.8 Å². The van der Waals surface area contributed by atoms with Crippen molar-refractivity contribution in [3.8, 4) is 0 Å². The van der Waals surface area contributed by atoms with Crippen LogP contribution in [0.15, 0.2) is 18.3 Å². The first-order chi connectivity index (χ1) is 9.61. The van der Waals surface area contributed by atoms with Crippen LogP contribution in [0.5, 0.6) is 0 Å². The molecule has 1 aromatic heterocycles. The Morgan fingerprint density at radius 3 is 2.43 bits per heavy atom. The molecule has 0 aromatic carbocycles. The Labute approximate surface area is 122 Å². The zero-order valence-corrected chi connectivity index (χ0v) is 12.4. The van der Waals surface area contributed by atoms with Crippen molar-refractivity contribution in [3.05, 3.63) is 24.0 Å². The Bertz CT molecular complexity index is 564. The van der Waals surface area contributed by atoms with E-state index in [1.54, 1.807) is 27.7 Å². The van der Waals surface area contributed by atoms with Gasteiger partial charge in [0.05, 0.1) is 0 Å². The van der Waals surface area contributed by atoms with Crippen molar-refractivity contribution in [1.82, 2.24) is 10.3 Å². The molecule has 21 heavy (non-hydrogen) atoms. The van der Waals surface area contributed by atoms with E-state index in [1.165, 1.54) is 18.3 Å². The van der Waals surface area contributed by atoms with Gasteiger partial charge in [0, 0.05) is 17.3 Å². The summed E-state index contributed by atoms with van der Waals surface area (Å²) in [4.78, 5) is 38.2. The maximum absolute atomic E-state index is 12.0. The number of aromatic carboxylic acids is 1. The number of hydrogen-bond donors (Lipinski definition) is 3. The number of aromatic nitrogens is 1. The number of amides is 2. The van der Waals surface area contributed by atoms with Crippen molar-refractivity contribution >= 4 is 23.5 Å². The molecular weight excluding hydrogens is 274 g/mol. The van der Waals surface area contributed by atoms with Crippen LogP contribution in [0, 0.1) is 5.41 Å². The number of nitrogens with zero attached hydrogens (tertiary/aromatic N) is 1. The molecule has 0 aliphatic heterocycles. The highest BCUT2D eigenvalue weighted by Gasteiger charge is 2.25. The van der Waals surface area contributed by atoms with Crippen molar-refractivity contribution in [1.29, 1.82) is 0 Å². The summed E-state index contributed by atoms with van der Waals surface area (Å²) >= 11 is 0. The van der Waals surface area contributed by atoms with Gasteiger partial charge in [0.1, 0.15) is 11.7 Å². The standard InChI is InChI=1S/C14H19N3O4/c1-8(16-13(21)14(2,3)4)11(18)17-9-5-6-15-10(7-9)12(19)20/h5-8H,1-4H3,(H,16,21)(H,19,20)(H,15,17,18). The second kappa shape index (κ2) is 6.34. The largest absolute Gasteiger partial charge is 0.477 e. The van der Waals surface area contributed by atoms with E-state index in [9.17, 15) is 14.4 Å². The monoisotopic (exact) mass is 293 g/mol. The summed E-state index contributed by atoms with van der Waals surface area (Å²) in [5.41, 5.74) is -0.453. The van der Waals surface area contributed by atoms with Gasteiger partial charge in [-0.3, -0.25) is 9.59 Å². The minimum Gasteiger partial charge on any atom is -0.477 e. The summed E-state index contributed by atoms with van der Waals surface area (Å²) in [5, 5.41) is 14.0. The van der Waals surface area contributed by atoms with Crippen LogP contribution in [0.2, 0.25) is 0 Å². The maximum Gasteiger partial charge on any atom is 0.354 e. The van der Waals surface area contributed by atoms with E-state index in [0.717, 1.165) is 0 Å². The molecule has 1 aromatic rings. The molecule has 7 heteroatoms. The Kier molecular flexibility index (Phi) is 5.02. The molecule has 0 aliphatic carbocycles. The van der Waals surface area contributed by atoms with E-state index in [0.29, 0.717) is 5.69 Å². The third-order valence-corrected chi connectivity index (χ3v) is 2.67. The minimum absolute atomic E-state index is 0.167. The number of carboxylic acid groups (broad SMARTS) is 1. The zero-order chi connectivity index (χ0) is 16.2. The van der Waals surface area contributed by atoms with Gasteiger partial charge in [0.15, 0.2) is 0 Å². The molecule has 0 bridgehead atoms. The number of hydrogen-bond acceptors (Lipinski definition) is 4. The lowest BCUT2D eigenvalue weighted by atomic mass is 9.95. The quantitative estimate of drug-likeness (QED) is 0.774. The van der Waals surface area contributed by atoms with Gasteiger partial charge in [-0.25, -0.2) is 9.78 Å². The predicted molar refractivity (Wildman–Crippen MR) is 76.9 cm³/mol. The Balaban J connectivity index is 2.71. The van der Waals surface area contributed by atoms with Gasteiger partial charge in [-0.2, -0.15) is 0 Å². The molecule has 1 heterocycles. The molecule has 0 radical (unpaired) electrons. The Hall–Kier alpha value is -2.44. The average Bonchev–Trinajstić information content (AvgIpc) is 2.37. The summed E-state index contributed by atoms with van der Waals surface area (Å²) in [6.45, 7) is 6.79. The first-order valence-corrected chi connectivity index (χ1v) is 6.42. The zero-order valence-electron chi connectivity index (χ0n) is 12.4. The van der Waals surface area contributed by atoms with Gasteiger partial charge in [0.25, 0.3) is 0 Å². The van der Waals surface area contributed by atoms with Crippen LogP contribution in [0.4, 0.5) is 5.69 Å². The van der Waals surface area contributed by atoms with Crippen LogP contribution in [0.1, 0.15) is 38.2 Å². The number of carbonyl (C=O) groups excluding carboxylic acids is 2. The summed E-state index contributed by atoms with van der Waals surface area (Å²) < 4.78 is 0. The molecule has 1 unspecified atom stereocenters. The second-order valence-electron chi connectivity index (χ2n) is 5.67. The minimum atomic E-state index is -1.18. The third-order valence-electron chi connectivity index (χ3n) is 2.67. The summed E-state index contributed by atoms with van der Waals surface area (Å²) in [5.74, 6) is -1.86. The molecule has 0 aliphatic rings. The van der Waals surface area contributed by atoms with Crippen LogP contribution in [-0.4, -0.2) is 33.9 Å². The van der Waals surface area contributed by atoms with Crippen LogP contribution < -0.4 is 10.6 Å². The Morgan fingerprint density at radius 2 is 1.90 bits per heavy atom. The summed E-state index contributed by atoms with van der Waals surface area (Å²) in [7, 11) is 0. The molecule has 0 fully saturated rings. The fourth-order valence-electron chi connectivity index (χ4n) is 1.35. The van der Waals surface area contributed by atoms with E-state index in [-0.39, 0.29) is 11.6 Å². The van der Waals surface area contributed by atoms with E-state index < -0.39 is 23.3 Å². The van der Waals surface area contributed by atoms with Gasteiger partial charge in [-0.15, -0.1) is 0 Å². The highest BCUT2D eigenvalue weighted by Crippen LogP contribution is 2.13. The molecule has 1 rings (SSSR count). The van der Waals surface area contributed by atoms with Crippen LogP contribution >= 0.6 is 0 Å². The lowest BCUT2D eigenvalue weighted by molar-refractivity contribution is -0.131. The molecule has 2 amide bonds. The van der Waals surface area contributed by atoms with Crippen molar-refractivity contribution in [3.63, 3.8) is 0 Å². The molecule has 1 atom stereocenters. The first kappa shape index (κ1) is 16.6. The molecule has 0 saturated heterocycles. The van der Waals surface area contributed by atoms with E-state index >= 15 is 0 Å². The Morgan fingerprint density at radius 1 is 1.29 bits per heavy atom. The fraction of sp³-hybridized carbons (Fsp3) is 0.429. The fourth-order valence-corrected chi connectivity index (χ4v) is 1.35. The van der Waals surface area contributed by atoms with Gasteiger partial charge in [-0.05, 0) is 19.1 Å². The number of anilines is 1. The van der Waals surface area contributed by atoms with Crippen LogP contribution in [-0.2, 0) is 9.59 Å². The van der Waals surface area contributed by atoms with Crippen molar-refractivity contribution in [2.45, 2.75) is 33.7 Å². The molecule has 114 valence electrons. The molecule has 7 nitrogen and oxygen atoms in total. The number of carbonyl (C=O) groups is 3. The maximum atomic E-state index is 12.0. The summed E-state index contributed by atoms with van der Waals surface area (Å²) in [6.07, 6.45) is 1.29. The van der Waals surface area contributed by atoms with Crippen molar-refractivity contribution < 1.29 is 19.5 Å². The average molecular weight is 293 g/mol. The lowest BCUT2D eigenvalue weighted by Crippen LogP contribution is -2.46. The van der Waals surface area contributed by atoms with E-state index in [2.05, 4.69) is 15.6 Å². The van der Waals surface area contributed by atoms with Crippen molar-refractivity contribution in [2.75, 3.05) is 5.32 Å². The molecule has 0 spiro atoms. The van der Waals surface area contributed by atoms with E-state index in [1.807, 2.05) is 0 Å². The smallest absolute Gasteiger partial charge is 0.354 e. The van der Waals surface area contributed by atoms with Crippen molar-refractivity contribution in [2.24, 2.45) is 5.41 Å². The number of pyridine rings is 1.